The number of hydrogen-bond donors (Lipinski definition) is 3. The molecule has 7 nitrogen and oxygen atoms in total. The minimum atomic E-state index is -0.190. The summed E-state index contributed by atoms with van der Waals surface area (Å²) in [6.07, 6.45) is 3.27. The fraction of sp³-hybridized carbons (Fsp3) is 0.231. The van der Waals surface area contributed by atoms with Crippen LogP contribution in [0.5, 0.6) is 0 Å². The van der Waals surface area contributed by atoms with Crippen molar-refractivity contribution in [1.82, 2.24) is 25.5 Å². The molecule has 0 bridgehead atoms. The number of aryl methyl sites for hydroxylation is 1. The van der Waals surface area contributed by atoms with Gasteiger partial charge in [0.1, 0.15) is 5.69 Å². The van der Waals surface area contributed by atoms with Gasteiger partial charge in [0.25, 0.3) is 5.91 Å². The Bertz CT molecular complexity index is 765. The van der Waals surface area contributed by atoms with Crippen LogP contribution in [-0.4, -0.2) is 32.6 Å². The molecule has 1 amide bonds. The Morgan fingerprint density at radius 2 is 2.29 bits per heavy atom. The van der Waals surface area contributed by atoms with E-state index in [1.54, 1.807) is 12.3 Å². The highest BCUT2D eigenvalue weighted by atomic mass is 32.1. The maximum absolute atomic E-state index is 12.0. The van der Waals surface area contributed by atoms with Gasteiger partial charge in [-0.25, -0.2) is 9.97 Å². The number of fused-ring (bicyclic) bond motifs is 1. The summed E-state index contributed by atoms with van der Waals surface area (Å²) in [7, 11) is 0. The van der Waals surface area contributed by atoms with Crippen molar-refractivity contribution < 1.29 is 4.79 Å². The number of pyridine rings is 1. The number of aromatic nitrogens is 4. The van der Waals surface area contributed by atoms with E-state index >= 15 is 0 Å². The summed E-state index contributed by atoms with van der Waals surface area (Å²) in [5, 5.41) is 12.9. The van der Waals surface area contributed by atoms with Gasteiger partial charge in [0.2, 0.25) is 0 Å². The third kappa shape index (κ3) is 3.16. The van der Waals surface area contributed by atoms with Gasteiger partial charge in [-0.3, -0.25) is 9.89 Å². The molecule has 0 aliphatic heterocycles. The Kier molecular flexibility index (Phi) is 3.78. The van der Waals surface area contributed by atoms with Crippen molar-refractivity contribution in [3.8, 4) is 0 Å². The molecule has 4 N–H and O–H groups in total. The molecular weight excluding hydrogens is 288 g/mol. The number of nitrogens with two attached hydrogens (primary N) is 1. The molecule has 21 heavy (non-hydrogen) atoms. The van der Waals surface area contributed by atoms with Crippen LogP contribution in [0.25, 0.3) is 11.0 Å². The number of nitrogen functional groups attached to an aromatic ring is 1. The average molecular weight is 302 g/mol. The molecule has 0 atom stereocenters. The number of hydrogen-bond acceptors (Lipinski definition) is 6. The number of anilines is 1. The van der Waals surface area contributed by atoms with Gasteiger partial charge in [0.05, 0.1) is 11.9 Å². The van der Waals surface area contributed by atoms with E-state index in [4.69, 9.17) is 5.73 Å². The maximum Gasteiger partial charge on any atom is 0.269 e. The summed E-state index contributed by atoms with van der Waals surface area (Å²) in [5.74, 6) is -0.190. The van der Waals surface area contributed by atoms with Crippen LogP contribution in [0.4, 0.5) is 5.13 Å². The van der Waals surface area contributed by atoms with Crippen LogP contribution < -0.4 is 11.1 Å². The maximum atomic E-state index is 12.0. The number of H-pyrrole nitrogens is 1. The van der Waals surface area contributed by atoms with Crippen LogP contribution >= 0.6 is 11.3 Å². The first-order chi connectivity index (χ1) is 10.2. The van der Waals surface area contributed by atoms with Gasteiger partial charge in [0, 0.05) is 17.3 Å². The predicted molar refractivity (Wildman–Crippen MR) is 81.1 cm³/mol. The first-order valence-corrected chi connectivity index (χ1v) is 7.38. The molecule has 0 aromatic carbocycles. The number of aromatic amines is 1. The Morgan fingerprint density at radius 1 is 1.38 bits per heavy atom. The van der Waals surface area contributed by atoms with Crippen molar-refractivity contribution in [3.63, 3.8) is 0 Å². The Labute approximate surface area is 124 Å². The smallest absolute Gasteiger partial charge is 0.269 e. The number of nitrogens with one attached hydrogen (secondary N) is 2. The number of rotatable bonds is 5. The largest absolute Gasteiger partial charge is 0.375 e. The lowest BCUT2D eigenvalue weighted by atomic mass is 10.2. The molecule has 0 fully saturated rings. The Balaban J connectivity index is 1.51. The van der Waals surface area contributed by atoms with Crippen molar-refractivity contribution in [1.29, 1.82) is 0 Å². The fourth-order valence-corrected chi connectivity index (χ4v) is 2.55. The molecule has 0 aliphatic rings. The van der Waals surface area contributed by atoms with Gasteiger partial charge >= 0.3 is 0 Å². The second-order valence-corrected chi connectivity index (χ2v) is 5.43. The van der Waals surface area contributed by atoms with Gasteiger partial charge in [-0.2, -0.15) is 5.10 Å². The molecule has 3 aromatic heterocycles. The summed E-state index contributed by atoms with van der Waals surface area (Å²) in [6, 6.07) is 3.51. The third-order valence-corrected chi connectivity index (χ3v) is 3.72. The Morgan fingerprint density at radius 3 is 3.10 bits per heavy atom. The topological polar surface area (TPSA) is 110 Å². The minimum absolute atomic E-state index is 0.190. The van der Waals surface area contributed by atoms with Crippen molar-refractivity contribution in [3.05, 3.63) is 35.1 Å². The molecule has 0 saturated carbocycles. The predicted octanol–water partition coefficient (Wildman–Crippen LogP) is 1.36. The highest BCUT2D eigenvalue weighted by Gasteiger charge is 2.08. The number of nitrogens with zero attached hydrogens (tertiary/aromatic N) is 3. The molecule has 0 saturated heterocycles. The zero-order chi connectivity index (χ0) is 14.7. The fourth-order valence-electron chi connectivity index (χ4n) is 1.95. The molecule has 3 heterocycles. The van der Waals surface area contributed by atoms with Crippen LogP contribution in [0.2, 0.25) is 0 Å². The summed E-state index contributed by atoms with van der Waals surface area (Å²) in [4.78, 5) is 20.4. The van der Waals surface area contributed by atoms with E-state index in [2.05, 4.69) is 25.5 Å². The van der Waals surface area contributed by atoms with Gasteiger partial charge < -0.3 is 11.1 Å². The Hall–Kier alpha value is -2.48. The highest BCUT2D eigenvalue weighted by Crippen LogP contribution is 2.12. The van der Waals surface area contributed by atoms with Crippen molar-refractivity contribution in [2.75, 3.05) is 12.3 Å². The first kappa shape index (κ1) is 13.5. The number of carbonyl (C=O) groups is 1. The lowest BCUT2D eigenvalue weighted by Crippen LogP contribution is -2.25. The second-order valence-electron chi connectivity index (χ2n) is 4.54. The first-order valence-electron chi connectivity index (χ1n) is 6.50. The van der Waals surface area contributed by atoms with E-state index < -0.39 is 0 Å². The van der Waals surface area contributed by atoms with E-state index in [9.17, 15) is 4.79 Å². The van der Waals surface area contributed by atoms with Crippen molar-refractivity contribution in [2.24, 2.45) is 0 Å². The number of carbonyl (C=O) groups excluding carboxylic acids is 1. The quantitative estimate of drug-likeness (QED) is 0.616. The molecule has 108 valence electrons. The van der Waals surface area contributed by atoms with Gasteiger partial charge in [-0.05, 0) is 25.0 Å². The minimum Gasteiger partial charge on any atom is -0.375 e. The van der Waals surface area contributed by atoms with Crippen LogP contribution in [0.1, 0.15) is 22.6 Å². The molecule has 8 heteroatoms. The highest BCUT2D eigenvalue weighted by molar-refractivity contribution is 7.13. The molecular formula is C13H14N6OS. The molecule has 0 aliphatic carbocycles. The normalized spacial score (nSPS) is 10.9. The van der Waals surface area contributed by atoms with Crippen LogP contribution in [-0.2, 0) is 6.42 Å². The van der Waals surface area contributed by atoms with Crippen molar-refractivity contribution in [2.45, 2.75) is 12.8 Å². The lowest BCUT2D eigenvalue weighted by Gasteiger charge is -2.03. The van der Waals surface area contributed by atoms with Gasteiger partial charge in [-0.1, -0.05) is 0 Å². The average Bonchev–Trinajstić information content (AvgIpc) is 3.11. The standard InChI is InChI=1S/C13H14N6OS/c14-13-17-9(7-21-13)2-1-5-15-12(20)10-4-3-8-6-16-19-11(8)18-10/h3-4,6-7H,1-2,5H2,(H2,14,17)(H,15,20)(H,16,18,19). The lowest BCUT2D eigenvalue weighted by molar-refractivity contribution is 0.0948. The summed E-state index contributed by atoms with van der Waals surface area (Å²) in [6.45, 7) is 0.568. The third-order valence-electron chi connectivity index (χ3n) is 3.00. The monoisotopic (exact) mass is 302 g/mol. The van der Waals surface area contributed by atoms with E-state index in [1.165, 1.54) is 11.3 Å². The summed E-state index contributed by atoms with van der Waals surface area (Å²) in [5.41, 5.74) is 7.52. The van der Waals surface area contributed by atoms with Crippen LogP contribution in [0, 0.1) is 0 Å². The SMILES string of the molecule is Nc1nc(CCCNC(=O)c2ccc3cn[nH]c3n2)cs1. The van der Waals surface area contributed by atoms with Crippen LogP contribution in [0.3, 0.4) is 0 Å². The zero-order valence-corrected chi connectivity index (χ0v) is 12.0. The second kappa shape index (κ2) is 5.88. The van der Waals surface area contributed by atoms with E-state index in [-0.39, 0.29) is 5.91 Å². The van der Waals surface area contributed by atoms with E-state index in [0.717, 1.165) is 23.9 Å². The number of thiazole rings is 1. The van der Waals surface area contributed by atoms with Crippen molar-refractivity contribution >= 4 is 33.4 Å². The zero-order valence-electron chi connectivity index (χ0n) is 11.2. The molecule has 3 rings (SSSR count). The van der Waals surface area contributed by atoms with Gasteiger partial charge in [0.15, 0.2) is 10.8 Å². The number of amides is 1. The summed E-state index contributed by atoms with van der Waals surface area (Å²) < 4.78 is 0. The molecule has 3 aromatic rings. The van der Waals surface area contributed by atoms with E-state index in [0.29, 0.717) is 23.0 Å². The molecule has 0 spiro atoms. The van der Waals surface area contributed by atoms with Crippen LogP contribution in [0.15, 0.2) is 23.7 Å². The molecule has 0 radical (unpaired) electrons. The van der Waals surface area contributed by atoms with E-state index in [1.807, 2.05) is 11.4 Å². The summed E-state index contributed by atoms with van der Waals surface area (Å²) >= 11 is 1.43. The molecule has 0 unspecified atom stereocenters. The van der Waals surface area contributed by atoms with Gasteiger partial charge in [-0.15, -0.1) is 11.3 Å².